The molecule has 62 heavy (non-hydrogen) atoms. The summed E-state index contributed by atoms with van der Waals surface area (Å²) in [5.41, 5.74) is 8.82. The van der Waals surface area contributed by atoms with Crippen LogP contribution < -0.4 is 25.5 Å². The van der Waals surface area contributed by atoms with E-state index in [0.29, 0.717) is 55.6 Å². The number of carbonyl (C=O) groups is 3. The van der Waals surface area contributed by atoms with Crippen LogP contribution in [0.4, 0.5) is 17.1 Å². The highest BCUT2D eigenvalue weighted by atomic mass is 32.2. The van der Waals surface area contributed by atoms with Crippen molar-refractivity contribution in [3.05, 3.63) is 126 Å². The van der Waals surface area contributed by atoms with Crippen LogP contribution >= 0.6 is 0 Å². The maximum atomic E-state index is 14.7. The number of carbonyl (C=O) groups excluding carboxylic acids is 2. The van der Waals surface area contributed by atoms with Gasteiger partial charge in [0.25, 0.3) is 0 Å². The molecular weight excluding hydrogens is 803 g/mol. The molecule has 0 aromatic heterocycles. The fourth-order valence-corrected chi connectivity index (χ4v) is 11.0. The highest BCUT2D eigenvalue weighted by Gasteiger charge is 2.35. The number of rotatable bonds is 13. The number of aliphatic carboxylic acids is 1. The second-order valence-corrected chi connectivity index (χ2v) is 18.3. The van der Waals surface area contributed by atoms with Crippen LogP contribution in [0.2, 0.25) is 0 Å². The van der Waals surface area contributed by atoms with Gasteiger partial charge in [0.05, 0.1) is 11.0 Å². The van der Waals surface area contributed by atoms with Gasteiger partial charge in [-0.1, -0.05) is 61.0 Å². The van der Waals surface area contributed by atoms with Crippen molar-refractivity contribution in [2.45, 2.75) is 56.3 Å². The minimum absolute atomic E-state index is 0.0961. The lowest BCUT2D eigenvalue weighted by Crippen LogP contribution is -2.43. The van der Waals surface area contributed by atoms with Crippen LogP contribution in [0.25, 0.3) is 33.4 Å². The number of unbranched alkanes of at least 4 members (excludes halogenated alkanes) is 2. The van der Waals surface area contributed by atoms with Crippen LogP contribution in [-0.4, -0.2) is 74.9 Å². The molecule has 1 saturated heterocycles. The third kappa shape index (κ3) is 8.22. The van der Waals surface area contributed by atoms with E-state index in [0.717, 1.165) is 53.5 Å². The summed E-state index contributed by atoms with van der Waals surface area (Å²) in [6.45, 7) is 2.19. The Kier molecular flexibility index (Phi) is 11.6. The Balaban J connectivity index is 0.992. The molecule has 0 atom stereocenters. The third-order valence-corrected chi connectivity index (χ3v) is 14.5. The molecule has 0 radical (unpaired) electrons. The van der Waals surface area contributed by atoms with Crippen LogP contribution in [0.3, 0.4) is 0 Å². The normalized spacial score (nSPS) is 16.4. The maximum Gasteiger partial charge on any atom is 0.322 e. The fraction of sp³-hybridized carbons (Fsp3) is 0.306. The number of nitrogens with zero attached hydrogens (tertiary/aromatic N) is 3. The Morgan fingerprint density at radius 1 is 0.774 bits per heavy atom. The van der Waals surface area contributed by atoms with Crippen molar-refractivity contribution < 1.29 is 32.3 Å². The summed E-state index contributed by atoms with van der Waals surface area (Å²) >= 11 is 0. The summed E-state index contributed by atoms with van der Waals surface area (Å²) in [6.07, 6.45) is 4.90. The fourth-order valence-electron chi connectivity index (χ4n) is 9.31. The van der Waals surface area contributed by atoms with Crippen LogP contribution in [-0.2, 0) is 37.2 Å². The molecule has 12 nitrogen and oxygen atoms in total. The van der Waals surface area contributed by atoms with Gasteiger partial charge in [-0.15, -0.1) is 0 Å². The van der Waals surface area contributed by atoms with E-state index in [2.05, 4.69) is 105 Å². The first kappa shape index (κ1) is 41.1. The zero-order chi connectivity index (χ0) is 42.8. The van der Waals surface area contributed by atoms with Gasteiger partial charge in [0, 0.05) is 102 Å². The number of nitrogens with one attached hydrogen (secondary N) is 2. The van der Waals surface area contributed by atoms with Gasteiger partial charge < -0.3 is 25.1 Å². The quantitative estimate of drug-likeness (QED) is 0.0650. The summed E-state index contributed by atoms with van der Waals surface area (Å²) in [5.74, 6) is -1.14. The number of carboxylic acid groups (broad SMARTS) is 1. The number of sulfonamides is 1. The minimum Gasteiger partial charge on any atom is -0.480 e. The van der Waals surface area contributed by atoms with Crippen molar-refractivity contribution in [2.75, 3.05) is 44.2 Å². The predicted octanol–water partition coefficient (Wildman–Crippen LogP) is 6.84. The van der Waals surface area contributed by atoms with E-state index in [-0.39, 0.29) is 42.1 Å². The Hall–Kier alpha value is -6.31. The van der Waals surface area contributed by atoms with E-state index in [4.69, 9.17) is 9.52 Å². The Bertz CT molecular complexity index is 2850. The topological polar surface area (TPSA) is 152 Å². The van der Waals surface area contributed by atoms with Crippen molar-refractivity contribution in [3.63, 3.8) is 0 Å². The number of hydrogen-bond acceptors (Lipinski definition) is 7. The van der Waals surface area contributed by atoms with Gasteiger partial charge in [-0.05, 0) is 68.0 Å². The van der Waals surface area contributed by atoms with Crippen molar-refractivity contribution >= 4 is 55.8 Å². The monoisotopic (exact) mass is 852 g/mol. The van der Waals surface area contributed by atoms with E-state index in [1.54, 1.807) is 12.1 Å². The number of amides is 2. The number of piperidine rings is 1. The first-order chi connectivity index (χ1) is 30.2. The molecule has 0 saturated carbocycles. The number of para-hydroxylation sites is 2. The zero-order valence-electron chi connectivity index (χ0n) is 34.5. The van der Waals surface area contributed by atoms with Crippen LogP contribution in [0.5, 0.6) is 0 Å². The lowest BCUT2D eigenvalue weighted by Gasteiger charge is -2.31. The average molecular weight is 853 g/mol. The molecule has 4 aliphatic heterocycles. The lowest BCUT2D eigenvalue weighted by molar-refractivity contribution is -0.138. The number of hydrogen-bond donors (Lipinski definition) is 3. The SMILES string of the molecule is O=C(O)CNC(=O)CCCCCNC(=O)C1CCN(S(=O)(=O)c2ccccc2-c2c3ccc(=[N+]4CCc5ccccc54)cc-3oc3cc(N4CCc5ccccc54)ccc23)CC1. The van der Waals surface area contributed by atoms with E-state index in [1.165, 1.54) is 26.8 Å². The van der Waals surface area contributed by atoms with Gasteiger partial charge in [0.2, 0.25) is 32.9 Å². The molecule has 4 aromatic rings. The summed E-state index contributed by atoms with van der Waals surface area (Å²) in [4.78, 5) is 38.0. The molecule has 4 heterocycles. The van der Waals surface area contributed by atoms with Gasteiger partial charge >= 0.3 is 5.97 Å². The number of benzene rings is 5. The lowest BCUT2D eigenvalue weighted by atomic mass is 9.93. The number of anilines is 2. The molecule has 0 bridgehead atoms. The van der Waals surface area contributed by atoms with Gasteiger partial charge in [0.1, 0.15) is 17.9 Å². The number of carboxylic acids is 1. The molecule has 2 amide bonds. The highest BCUT2D eigenvalue weighted by molar-refractivity contribution is 7.89. The Labute approximate surface area is 360 Å². The molecule has 0 spiro atoms. The van der Waals surface area contributed by atoms with Crippen LogP contribution in [0, 0.1) is 5.92 Å². The molecule has 4 aromatic carbocycles. The second kappa shape index (κ2) is 17.6. The third-order valence-electron chi connectivity index (χ3n) is 12.5. The molecule has 0 unspecified atom stereocenters. The molecule has 13 heteroatoms. The summed E-state index contributed by atoms with van der Waals surface area (Å²) in [6, 6.07) is 36.6. The van der Waals surface area contributed by atoms with Crippen LogP contribution in [0.1, 0.15) is 49.7 Å². The van der Waals surface area contributed by atoms with Gasteiger partial charge in [0.15, 0.2) is 6.54 Å². The summed E-state index contributed by atoms with van der Waals surface area (Å²) in [5, 5.41) is 15.9. The Morgan fingerprint density at radius 3 is 2.39 bits per heavy atom. The van der Waals surface area contributed by atoms with E-state index < -0.39 is 22.5 Å². The van der Waals surface area contributed by atoms with Crippen molar-refractivity contribution in [2.24, 2.45) is 5.92 Å². The standard InChI is InChI=1S/C49H49N5O7S/c55-46(51-32-47(56)57)16-2-1-9-25-50-49(58)35-21-26-52(27-22-35)62(59,60)45-15-8-5-12-40(45)48-38-19-17-36(53-28-23-33-10-3-6-13-41(33)53)30-43(38)61-44-31-37(18-20-39(44)48)54-29-24-34-11-4-7-14-42(34)54/h3-8,10-15,17-20,30-31,35H,1-2,9,16,21-29,32H2,(H2-,50,51,55,56,57,58)/p+1. The molecule has 3 N–H and O–H groups in total. The summed E-state index contributed by atoms with van der Waals surface area (Å²) in [7, 11) is -3.99. The number of fused-ring (bicyclic) bond motifs is 4. The van der Waals surface area contributed by atoms with Crippen molar-refractivity contribution in [1.82, 2.24) is 19.5 Å². The smallest absolute Gasteiger partial charge is 0.322 e. The maximum absolute atomic E-state index is 14.7. The van der Waals surface area contributed by atoms with Gasteiger partial charge in [-0.25, -0.2) is 8.42 Å². The average Bonchev–Trinajstić information content (AvgIpc) is 3.93. The first-order valence-corrected chi connectivity index (χ1v) is 23.0. The summed E-state index contributed by atoms with van der Waals surface area (Å²) < 4.78 is 40.2. The van der Waals surface area contributed by atoms with E-state index in [1.807, 2.05) is 12.1 Å². The molecule has 318 valence electrons. The van der Waals surface area contributed by atoms with Crippen molar-refractivity contribution in [3.8, 4) is 22.5 Å². The highest BCUT2D eigenvalue weighted by Crippen LogP contribution is 2.45. The molecular formula is C49H50N5O7S+. The van der Waals surface area contributed by atoms with Gasteiger partial charge in [-0.3, -0.25) is 14.4 Å². The van der Waals surface area contributed by atoms with E-state index in [9.17, 15) is 22.8 Å². The zero-order valence-corrected chi connectivity index (χ0v) is 35.3. The van der Waals surface area contributed by atoms with E-state index >= 15 is 0 Å². The predicted molar refractivity (Wildman–Crippen MR) is 239 cm³/mol. The second-order valence-electron chi connectivity index (χ2n) is 16.3. The first-order valence-electron chi connectivity index (χ1n) is 21.6. The molecule has 1 aliphatic carbocycles. The molecule has 1 fully saturated rings. The molecule has 5 aliphatic rings. The van der Waals surface area contributed by atoms with Crippen molar-refractivity contribution in [1.29, 1.82) is 0 Å². The largest absolute Gasteiger partial charge is 0.480 e. The van der Waals surface area contributed by atoms with Crippen LogP contribution in [0.15, 0.2) is 119 Å². The molecule has 9 rings (SSSR count). The Morgan fingerprint density at radius 2 is 1.55 bits per heavy atom. The van der Waals surface area contributed by atoms with Gasteiger partial charge in [-0.2, -0.15) is 8.88 Å². The minimum atomic E-state index is -3.99.